The molecule has 0 aromatic rings. The van der Waals surface area contributed by atoms with E-state index in [9.17, 15) is 4.79 Å². The monoisotopic (exact) mass is 199 g/mol. The summed E-state index contributed by atoms with van der Waals surface area (Å²) in [6, 6.07) is -0.111. The van der Waals surface area contributed by atoms with E-state index in [4.69, 9.17) is 4.74 Å². The Morgan fingerprint density at radius 1 is 1.50 bits per heavy atom. The highest BCUT2D eigenvalue weighted by Crippen LogP contribution is 2.21. The van der Waals surface area contributed by atoms with E-state index in [0.29, 0.717) is 0 Å². The largest absolute Gasteiger partial charge is 0.461 e. The van der Waals surface area contributed by atoms with Gasteiger partial charge in [0.05, 0.1) is 0 Å². The molecule has 0 unspecified atom stereocenters. The van der Waals surface area contributed by atoms with Crippen molar-refractivity contribution in [2.75, 3.05) is 7.05 Å². The minimum Gasteiger partial charge on any atom is -0.461 e. The molecular weight excluding hydrogens is 178 g/mol. The molecule has 0 saturated heterocycles. The molecule has 3 heteroatoms. The Morgan fingerprint density at radius 2 is 2.14 bits per heavy atom. The van der Waals surface area contributed by atoms with E-state index >= 15 is 0 Å². The third-order valence-electron chi connectivity index (χ3n) is 2.80. The number of hydrogen-bond acceptors (Lipinski definition) is 3. The molecule has 3 nitrogen and oxygen atoms in total. The zero-order valence-electron chi connectivity index (χ0n) is 9.21. The number of carbonyl (C=O) groups excluding carboxylic acids is 1. The maximum absolute atomic E-state index is 11.6. The molecule has 0 amide bonds. The fraction of sp³-hybridized carbons (Fsp3) is 0.909. The molecule has 1 atom stereocenters. The van der Waals surface area contributed by atoms with Crippen molar-refractivity contribution in [3.05, 3.63) is 0 Å². The minimum atomic E-state index is -0.111. The zero-order chi connectivity index (χ0) is 10.4. The van der Waals surface area contributed by atoms with Crippen molar-refractivity contribution in [3.63, 3.8) is 0 Å². The van der Waals surface area contributed by atoms with E-state index in [1.54, 1.807) is 0 Å². The van der Waals surface area contributed by atoms with Gasteiger partial charge in [0.1, 0.15) is 12.1 Å². The van der Waals surface area contributed by atoms with Crippen LogP contribution in [0, 0.1) is 0 Å². The van der Waals surface area contributed by atoms with Crippen molar-refractivity contribution in [3.8, 4) is 0 Å². The van der Waals surface area contributed by atoms with Crippen LogP contribution >= 0.6 is 0 Å². The van der Waals surface area contributed by atoms with Crippen LogP contribution in [0.5, 0.6) is 0 Å². The smallest absolute Gasteiger partial charge is 0.323 e. The van der Waals surface area contributed by atoms with E-state index in [1.165, 1.54) is 12.8 Å². The van der Waals surface area contributed by atoms with Crippen molar-refractivity contribution in [2.45, 2.75) is 57.6 Å². The quantitative estimate of drug-likeness (QED) is 0.687. The first-order valence-corrected chi connectivity index (χ1v) is 5.65. The van der Waals surface area contributed by atoms with Gasteiger partial charge in [-0.1, -0.05) is 13.3 Å². The lowest BCUT2D eigenvalue weighted by atomic mass is 10.2. The molecule has 1 aliphatic carbocycles. The summed E-state index contributed by atoms with van der Waals surface area (Å²) in [6.07, 6.45) is 6.57. The molecule has 1 aliphatic rings. The number of carbonyl (C=O) groups is 1. The van der Waals surface area contributed by atoms with E-state index < -0.39 is 0 Å². The van der Waals surface area contributed by atoms with Crippen LogP contribution < -0.4 is 5.32 Å². The first-order chi connectivity index (χ1) is 6.77. The minimum absolute atomic E-state index is 0.0683. The highest BCUT2D eigenvalue weighted by molar-refractivity contribution is 5.75. The van der Waals surface area contributed by atoms with Crippen LogP contribution in [-0.4, -0.2) is 25.2 Å². The van der Waals surface area contributed by atoms with Gasteiger partial charge in [0.25, 0.3) is 0 Å². The second-order valence-corrected chi connectivity index (χ2v) is 3.97. The van der Waals surface area contributed by atoms with Gasteiger partial charge < -0.3 is 10.1 Å². The Morgan fingerprint density at radius 3 is 2.64 bits per heavy atom. The Kier molecular flexibility index (Phi) is 4.94. The lowest BCUT2D eigenvalue weighted by molar-refractivity contribution is -0.151. The average molecular weight is 199 g/mol. The molecule has 1 fully saturated rings. The molecule has 0 heterocycles. The van der Waals surface area contributed by atoms with Crippen molar-refractivity contribution in [1.29, 1.82) is 0 Å². The van der Waals surface area contributed by atoms with Crippen LogP contribution in [0.4, 0.5) is 0 Å². The van der Waals surface area contributed by atoms with Crippen LogP contribution in [0.2, 0.25) is 0 Å². The molecular formula is C11H21NO2. The maximum Gasteiger partial charge on any atom is 0.323 e. The molecule has 0 bridgehead atoms. The van der Waals surface area contributed by atoms with Gasteiger partial charge in [-0.2, -0.15) is 0 Å². The molecule has 0 radical (unpaired) electrons. The normalized spacial score (nSPS) is 19.6. The van der Waals surface area contributed by atoms with Gasteiger partial charge >= 0.3 is 5.97 Å². The van der Waals surface area contributed by atoms with E-state index in [1.807, 2.05) is 7.05 Å². The molecule has 14 heavy (non-hydrogen) atoms. The maximum atomic E-state index is 11.6. The van der Waals surface area contributed by atoms with Crippen LogP contribution in [-0.2, 0) is 9.53 Å². The zero-order valence-corrected chi connectivity index (χ0v) is 9.21. The lowest BCUT2D eigenvalue weighted by Crippen LogP contribution is -2.37. The number of likely N-dealkylation sites (N-methyl/N-ethyl adjacent to an activating group) is 1. The van der Waals surface area contributed by atoms with Gasteiger partial charge in [0, 0.05) is 0 Å². The molecule has 0 spiro atoms. The summed E-state index contributed by atoms with van der Waals surface area (Å²) in [5.74, 6) is -0.0683. The van der Waals surface area contributed by atoms with Gasteiger partial charge in [-0.15, -0.1) is 0 Å². The summed E-state index contributed by atoms with van der Waals surface area (Å²) in [5, 5.41) is 3.00. The predicted octanol–water partition coefficient (Wildman–Crippen LogP) is 1.86. The standard InChI is InChI=1S/C11H21NO2/c1-3-6-10(12-2)11(13)14-9-7-4-5-8-9/h9-10,12H,3-8H2,1-2H3/t10-/m0/s1. The molecule has 0 aromatic carbocycles. The highest BCUT2D eigenvalue weighted by Gasteiger charge is 2.23. The van der Waals surface area contributed by atoms with Crippen molar-refractivity contribution < 1.29 is 9.53 Å². The van der Waals surface area contributed by atoms with Crippen molar-refractivity contribution in [2.24, 2.45) is 0 Å². The van der Waals surface area contributed by atoms with Gasteiger partial charge in [0.15, 0.2) is 0 Å². The molecule has 1 saturated carbocycles. The summed E-state index contributed by atoms with van der Waals surface area (Å²) in [4.78, 5) is 11.6. The van der Waals surface area contributed by atoms with E-state index in [-0.39, 0.29) is 18.1 Å². The van der Waals surface area contributed by atoms with Gasteiger partial charge in [0.2, 0.25) is 0 Å². The molecule has 1 rings (SSSR count). The van der Waals surface area contributed by atoms with E-state index in [0.717, 1.165) is 25.7 Å². The fourth-order valence-corrected chi connectivity index (χ4v) is 1.92. The second-order valence-electron chi connectivity index (χ2n) is 3.97. The molecule has 0 aromatic heterocycles. The molecule has 1 N–H and O–H groups in total. The second kappa shape index (κ2) is 6.02. The first-order valence-electron chi connectivity index (χ1n) is 5.65. The number of hydrogen-bond donors (Lipinski definition) is 1. The Bertz CT molecular complexity index is 176. The van der Waals surface area contributed by atoms with E-state index in [2.05, 4.69) is 12.2 Å². The number of ether oxygens (including phenoxy) is 1. The lowest BCUT2D eigenvalue weighted by Gasteiger charge is -2.17. The first kappa shape index (κ1) is 11.5. The Hall–Kier alpha value is -0.570. The third-order valence-corrected chi connectivity index (χ3v) is 2.80. The molecule has 0 aliphatic heterocycles. The van der Waals surface area contributed by atoms with Gasteiger partial charge in [-0.05, 0) is 39.2 Å². The number of esters is 1. The fourth-order valence-electron chi connectivity index (χ4n) is 1.92. The summed E-state index contributed by atoms with van der Waals surface area (Å²) >= 11 is 0. The predicted molar refractivity (Wildman–Crippen MR) is 56.1 cm³/mol. The van der Waals surface area contributed by atoms with Crippen LogP contribution in [0.25, 0.3) is 0 Å². The van der Waals surface area contributed by atoms with Crippen LogP contribution in [0.1, 0.15) is 45.4 Å². The third kappa shape index (κ3) is 3.29. The highest BCUT2D eigenvalue weighted by atomic mass is 16.5. The van der Waals surface area contributed by atoms with Crippen molar-refractivity contribution >= 4 is 5.97 Å². The Balaban J connectivity index is 2.30. The number of nitrogens with one attached hydrogen (secondary N) is 1. The topological polar surface area (TPSA) is 38.3 Å². The Labute approximate surface area is 86.2 Å². The van der Waals surface area contributed by atoms with Crippen LogP contribution in [0.3, 0.4) is 0 Å². The van der Waals surface area contributed by atoms with Gasteiger partial charge in [-0.3, -0.25) is 4.79 Å². The average Bonchev–Trinajstić information content (AvgIpc) is 2.66. The number of rotatable bonds is 5. The molecule has 82 valence electrons. The summed E-state index contributed by atoms with van der Waals surface area (Å²) in [7, 11) is 1.82. The van der Waals surface area contributed by atoms with Crippen molar-refractivity contribution in [1.82, 2.24) is 5.32 Å². The summed E-state index contributed by atoms with van der Waals surface area (Å²) in [6.45, 7) is 2.08. The summed E-state index contributed by atoms with van der Waals surface area (Å²) < 4.78 is 5.42. The van der Waals surface area contributed by atoms with Gasteiger partial charge in [-0.25, -0.2) is 0 Å². The summed E-state index contributed by atoms with van der Waals surface area (Å²) in [5.41, 5.74) is 0. The van der Waals surface area contributed by atoms with Crippen LogP contribution in [0.15, 0.2) is 0 Å². The SMILES string of the molecule is CCC[C@H](NC)C(=O)OC1CCCC1.